The number of primary amides is 1. The van der Waals surface area contributed by atoms with Crippen LogP contribution in [-0.4, -0.2) is 39.1 Å². The van der Waals surface area contributed by atoms with Crippen molar-refractivity contribution in [1.82, 2.24) is 19.5 Å². The molecule has 2 aromatic heterocycles. The Labute approximate surface area is 177 Å². The fourth-order valence-electron chi connectivity index (χ4n) is 3.66. The molecule has 0 aliphatic carbocycles. The van der Waals surface area contributed by atoms with Crippen molar-refractivity contribution in [3.63, 3.8) is 0 Å². The Kier molecular flexibility index (Phi) is 4.62. The van der Waals surface area contributed by atoms with E-state index < -0.39 is 5.91 Å². The fraction of sp³-hybridized carbons (Fsp3) is 0.182. The van der Waals surface area contributed by atoms with Gasteiger partial charge in [-0.25, -0.2) is 9.55 Å². The molecule has 0 bridgehead atoms. The van der Waals surface area contributed by atoms with Crippen LogP contribution in [0.3, 0.4) is 0 Å². The van der Waals surface area contributed by atoms with Gasteiger partial charge in [-0.3, -0.25) is 4.79 Å². The molecule has 0 atom stereocenters. The van der Waals surface area contributed by atoms with Gasteiger partial charge in [-0.1, -0.05) is 36.4 Å². The van der Waals surface area contributed by atoms with E-state index in [2.05, 4.69) is 10.3 Å². The first-order valence-electron chi connectivity index (χ1n) is 9.83. The quantitative estimate of drug-likeness (QED) is 0.496. The van der Waals surface area contributed by atoms with E-state index in [-0.39, 0.29) is 6.01 Å². The van der Waals surface area contributed by atoms with E-state index in [1.807, 2.05) is 36.4 Å². The molecule has 9 nitrogen and oxygen atoms in total. The van der Waals surface area contributed by atoms with Crippen LogP contribution < -0.4 is 20.5 Å². The minimum atomic E-state index is -0.564. The smallest absolute Gasteiger partial charge is 0.304 e. The van der Waals surface area contributed by atoms with Gasteiger partial charge in [-0.15, -0.1) is 0 Å². The molecule has 1 amide bonds. The zero-order valence-corrected chi connectivity index (χ0v) is 16.8. The zero-order valence-electron chi connectivity index (χ0n) is 16.8. The Morgan fingerprint density at radius 2 is 2.00 bits per heavy atom. The van der Waals surface area contributed by atoms with Crippen molar-refractivity contribution >= 4 is 22.8 Å². The maximum absolute atomic E-state index is 11.9. The Morgan fingerprint density at radius 3 is 2.77 bits per heavy atom. The second kappa shape index (κ2) is 7.60. The molecule has 3 N–H and O–H groups in total. The monoisotopic (exact) mass is 416 g/mol. The number of nitrogens with one attached hydrogen (secondary N) is 1. The number of imidazole rings is 1. The fourth-order valence-corrected chi connectivity index (χ4v) is 3.66. The third-order valence-electron chi connectivity index (χ3n) is 5.11. The van der Waals surface area contributed by atoms with E-state index >= 15 is 0 Å². The first kappa shape index (κ1) is 18.9. The number of carbonyl (C=O) groups is 1. The van der Waals surface area contributed by atoms with E-state index in [9.17, 15) is 4.79 Å². The normalized spacial score (nSPS) is 12.4. The second-order valence-corrected chi connectivity index (χ2v) is 7.06. The lowest BCUT2D eigenvalue weighted by Crippen LogP contribution is -2.11. The minimum Gasteiger partial charge on any atom is -0.487 e. The number of ether oxygens (including phenoxy) is 2. The van der Waals surface area contributed by atoms with Crippen molar-refractivity contribution in [3.8, 4) is 17.7 Å². The minimum absolute atomic E-state index is 0.261. The predicted molar refractivity (Wildman–Crippen MR) is 115 cm³/mol. The highest BCUT2D eigenvalue weighted by Crippen LogP contribution is 2.34. The van der Waals surface area contributed by atoms with Gasteiger partial charge in [-0.05, 0) is 17.7 Å². The van der Waals surface area contributed by atoms with Gasteiger partial charge >= 0.3 is 6.01 Å². The standard InChI is InChI=1S/C22H20N6O3/c1-30-22-26-17-14(19(23)29)8-5-9-16(17)28(22)21-25-15-10-11-31-18(15)20(27-21)24-12-13-6-3-2-4-7-13/h2-9H,10-12H2,1H3,(H2,23,29)(H,24,25,27). The van der Waals surface area contributed by atoms with Gasteiger partial charge in [0.15, 0.2) is 11.6 Å². The van der Waals surface area contributed by atoms with Crippen LogP contribution in [0.15, 0.2) is 48.5 Å². The van der Waals surface area contributed by atoms with Gasteiger partial charge in [0.05, 0.1) is 30.5 Å². The average Bonchev–Trinajstić information content (AvgIpc) is 3.41. The Balaban J connectivity index is 1.63. The number of carbonyl (C=O) groups excluding carboxylic acids is 1. The summed E-state index contributed by atoms with van der Waals surface area (Å²) in [6, 6.07) is 15.5. The van der Waals surface area contributed by atoms with Crippen LogP contribution in [-0.2, 0) is 13.0 Å². The molecule has 1 aliphatic heterocycles. The molecule has 1 aliphatic rings. The molecule has 4 aromatic rings. The molecule has 5 rings (SSSR count). The average molecular weight is 416 g/mol. The van der Waals surface area contributed by atoms with Gasteiger partial charge in [0.1, 0.15) is 5.52 Å². The van der Waals surface area contributed by atoms with E-state index in [4.69, 9.17) is 25.2 Å². The molecule has 31 heavy (non-hydrogen) atoms. The molecule has 0 spiro atoms. The molecule has 156 valence electrons. The van der Waals surface area contributed by atoms with E-state index in [1.165, 1.54) is 7.11 Å². The summed E-state index contributed by atoms with van der Waals surface area (Å²) in [5.41, 5.74) is 8.81. The van der Waals surface area contributed by atoms with Gasteiger partial charge in [0.2, 0.25) is 5.95 Å². The number of amides is 1. The van der Waals surface area contributed by atoms with Gasteiger partial charge in [-0.2, -0.15) is 9.97 Å². The number of para-hydroxylation sites is 1. The Hall–Kier alpha value is -4.14. The molecule has 0 unspecified atom stereocenters. The summed E-state index contributed by atoms with van der Waals surface area (Å²) in [4.78, 5) is 25.7. The van der Waals surface area contributed by atoms with E-state index in [0.717, 1.165) is 11.3 Å². The van der Waals surface area contributed by atoms with Crippen LogP contribution in [0.5, 0.6) is 11.8 Å². The molecule has 3 heterocycles. The van der Waals surface area contributed by atoms with E-state index in [1.54, 1.807) is 16.7 Å². The summed E-state index contributed by atoms with van der Waals surface area (Å²) >= 11 is 0. The summed E-state index contributed by atoms with van der Waals surface area (Å²) < 4.78 is 12.9. The van der Waals surface area contributed by atoms with Crippen molar-refractivity contribution < 1.29 is 14.3 Å². The van der Waals surface area contributed by atoms with Crippen molar-refractivity contribution in [2.45, 2.75) is 13.0 Å². The molecule has 2 aromatic carbocycles. The lowest BCUT2D eigenvalue weighted by molar-refractivity contribution is 0.100. The number of rotatable bonds is 6. The first-order chi connectivity index (χ1) is 15.2. The zero-order chi connectivity index (χ0) is 21.4. The molecule has 0 radical (unpaired) electrons. The summed E-state index contributed by atoms with van der Waals surface area (Å²) in [7, 11) is 1.51. The highest BCUT2D eigenvalue weighted by molar-refractivity contribution is 6.04. The molecular formula is C22H20N6O3. The molecule has 0 saturated carbocycles. The SMILES string of the molecule is COc1nc2c(C(N)=O)cccc2n1-c1nc2c(c(NCc3ccccc3)n1)OCC2. The van der Waals surface area contributed by atoms with Crippen LogP contribution in [0.1, 0.15) is 21.6 Å². The van der Waals surface area contributed by atoms with Crippen LogP contribution in [0.4, 0.5) is 5.82 Å². The third-order valence-corrected chi connectivity index (χ3v) is 5.11. The number of aromatic nitrogens is 4. The molecule has 9 heteroatoms. The maximum atomic E-state index is 11.9. The van der Waals surface area contributed by atoms with Crippen molar-refractivity contribution in [1.29, 1.82) is 0 Å². The molecular weight excluding hydrogens is 396 g/mol. The largest absolute Gasteiger partial charge is 0.487 e. The topological polar surface area (TPSA) is 117 Å². The summed E-state index contributed by atoms with van der Waals surface area (Å²) in [5.74, 6) is 1.06. The lowest BCUT2D eigenvalue weighted by atomic mass is 10.2. The van der Waals surface area contributed by atoms with Crippen molar-refractivity contribution in [2.24, 2.45) is 5.73 Å². The van der Waals surface area contributed by atoms with Gasteiger partial charge < -0.3 is 20.5 Å². The van der Waals surface area contributed by atoms with Gasteiger partial charge in [0.25, 0.3) is 5.91 Å². The van der Waals surface area contributed by atoms with Gasteiger partial charge in [0, 0.05) is 13.0 Å². The second-order valence-electron chi connectivity index (χ2n) is 7.06. The number of methoxy groups -OCH3 is 1. The highest BCUT2D eigenvalue weighted by Gasteiger charge is 2.25. The number of benzene rings is 2. The van der Waals surface area contributed by atoms with E-state index in [0.29, 0.717) is 53.7 Å². The molecule has 0 saturated heterocycles. The number of nitrogens with zero attached hydrogens (tertiary/aromatic N) is 4. The summed E-state index contributed by atoms with van der Waals surface area (Å²) in [6.45, 7) is 1.13. The Morgan fingerprint density at radius 1 is 1.16 bits per heavy atom. The predicted octanol–water partition coefficient (Wildman–Crippen LogP) is 2.47. The number of fused-ring (bicyclic) bond motifs is 2. The van der Waals surface area contributed by atoms with Crippen LogP contribution in [0.25, 0.3) is 17.0 Å². The Bertz CT molecular complexity index is 1290. The number of hydrogen-bond acceptors (Lipinski definition) is 7. The summed E-state index contributed by atoms with van der Waals surface area (Å²) in [6.07, 6.45) is 0.673. The van der Waals surface area contributed by atoms with Crippen LogP contribution in [0, 0.1) is 0 Å². The molecule has 0 fully saturated rings. The van der Waals surface area contributed by atoms with Crippen molar-refractivity contribution in [2.75, 3.05) is 19.0 Å². The van der Waals surface area contributed by atoms with Crippen LogP contribution in [0.2, 0.25) is 0 Å². The lowest BCUT2D eigenvalue weighted by Gasteiger charge is -2.13. The highest BCUT2D eigenvalue weighted by atomic mass is 16.5. The first-order valence-corrected chi connectivity index (χ1v) is 9.83. The van der Waals surface area contributed by atoms with Crippen LogP contribution >= 0.6 is 0 Å². The number of nitrogens with two attached hydrogens (primary N) is 1. The third kappa shape index (κ3) is 3.29. The summed E-state index contributed by atoms with van der Waals surface area (Å²) in [5, 5.41) is 3.35. The number of hydrogen-bond donors (Lipinski definition) is 2. The maximum Gasteiger partial charge on any atom is 0.304 e. The number of anilines is 1. The van der Waals surface area contributed by atoms with Crippen molar-refractivity contribution in [3.05, 3.63) is 65.4 Å².